The van der Waals surface area contributed by atoms with Crippen LogP contribution >= 0.6 is 22.6 Å². The number of rotatable bonds is 6. The summed E-state index contributed by atoms with van der Waals surface area (Å²) in [7, 11) is 0. The van der Waals surface area contributed by atoms with Crippen LogP contribution in [-0.4, -0.2) is 12.6 Å². The second-order valence-electron chi connectivity index (χ2n) is 4.87. The highest BCUT2D eigenvalue weighted by Gasteiger charge is 2.19. The van der Waals surface area contributed by atoms with E-state index in [1.165, 1.54) is 27.5 Å². The van der Waals surface area contributed by atoms with Gasteiger partial charge in [-0.1, -0.05) is 23.8 Å². The van der Waals surface area contributed by atoms with Crippen LogP contribution in [0.15, 0.2) is 35.9 Å². The molecular weight excluding hydrogens is 321 g/mol. The average molecular weight is 341 g/mol. The fourth-order valence-electron chi connectivity index (χ4n) is 1.89. The lowest BCUT2D eigenvalue weighted by molar-refractivity contribution is 0.688. The Morgan fingerprint density at radius 3 is 2.71 bits per heavy atom. The van der Waals surface area contributed by atoms with Crippen molar-refractivity contribution in [3.8, 4) is 0 Å². The number of hydrogen-bond donors (Lipinski definition) is 1. The molecule has 17 heavy (non-hydrogen) atoms. The molecule has 1 nitrogen and oxygen atoms in total. The maximum Gasteiger partial charge on any atom is 0.0130 e. The Morgan fingerprint density at radius 2 is 2.06 bits per heavy atom. The van der Waals surface area contributed by atoms with Crippen molar-refractivity contribution in [1.29, 1.82) is 0 Å². The van der Waals surface area contributed by atoms with Gasteiger partial charge in [0.2, 0.25) is 0 Å². The standard InChI is InChI=1S/C15H20IN/c1-12(3-2-10-17-15-8-9-15)11-13-4-6-14(16)7-5-13/h3-7,15,17H,2,8-11H2,1H3. The minimum Gasteiger partial charge on any atom is -0.314 e. The summed E-state index contributed by atoms with van der Waals surface area (Å²) in [5.41, 5.74) is 2.89. The normalized spacial score (nSPS) is 16.2. The van der Waals surface area contributed by atoms with Crippen molar-refractivity contribution in [2.45, 2.75) is 38.6 Å². The second-order valence-corrected chi connectivity index (χ2v) is 6.12. The first-order valence-electron chi connectivity index (χ1n) is 6.37. The van der Waals surface area contributed by atoms with Crippen molar-refractivity contribution in [3.05, 3.63) is 45.0 Å². The maximum atomic E-state index is 3.54. The molecule has 1 aliphatic carbocycles. The highest BCUT2D eigenvalue weighted by atomic mass is 127. The van der Waals surface area contributed by atoms with E-state index in [4.69, 9.17) is 0 Å². The molecule has 0 radical (unpaired) electrons. The van der Waals surface area contributed by atoms with Crippen LogP contribution in [-0.2, 0) is 6.42 Å². The van der Waals surface area contributed by atoms with Crippen LogP contribution in [0.25, 0.3) is 0 Å². The topological polar surface area (TPSA) is 12.0 Å². The smallest absolute Gasteiger partial charge is 0.0130 e. The van der Waals surface area contributed by atoms with E-state index in [1.807, 2.05) is 0 Å². The maximum absolute atomic E-state index is 3.54. The van der Waals surface area contributed by atoms with Gasteiger partial charge in [-0.05, 0) is 79.4 Å². The molecule has 2 heteroatoms. The van der Waals surface area contributed by atoms with Gasteiger partial charge in [0.05, 0.1) is 0 Å². The largest absolute Gasteiger partial charge is 0.314 e. The zero-order valence-corrected chi connectivity index (χ0v) is 12.5. The highest BCUT2D eigenvalue weighted by molar-refractivity contribution is 14.1. The minimum absolute atomic E-state index is 0.833. The van der Waals surface area contributed by atoms with Gasteiger partial charge in [-0.15, -0.1) is 0 Å². The number of nitrogens with one attached hydrogen (secondary N) is 1. The molecule has 0 aromatic heterocycles. The van der Waals surface area contributed by atoms with Crippen LogP contribution in [0.1, 0.15) is 31.7 Å². The van der Waals surface area contributed by atoms with Gasteiger partial charge >= 0.3 is 0 Å². The Bertz CT molecular complexity index is 376. The molecule has 1 aromatic rings. The predicted octanol–water partition coefficient (Wildman–Crippen LogP) is 3.92. The monoisotopic (exact) mass is 341 g/mol. The molecule has 2 rings (SSSR count). The number of hydrogen-bond acceptors (Lipinski definition) is 1. The molecule has 1 saturated carbocycles. The van der Waals surface area contributed by atoms with Crippen molar-refractivity contribution in [1.82, 2.24) is 5.32 Å². The Balaban J connectivity index is 1.72. The van der Waals surface area contributed by atoms with Crippen LogP contribution in [0.2, 0.25) is 0 Å². The van der Waals surface area contributed by atoms with E-state index in [9.17, 15) is 0 Å². The Hall–Kier alpha value is -0.350. The molecule has 0 aliphatic heterocycles. The summed E-state index contributed by atoms with van der Waals surface area (Å²) in [5.74, 6) is 0. The van der Waals surface area contributed by atoms with E-state index in [1.54, 1.807) is 0 Å². The molecule has 92 valence electrons. The van der Waals surface area contributed by atoms with Gasteiger partial charge in [0.25, 0.3) is 0 Å². The summed E-state index contributed by atoms with van der Waals surface area (Å²) in [4.78, 5) is 0. The van der Waals surface area contributed by atoms with E-state index in [-0.39, 0.29) is 0 Å². The lowest BCUT2D eigenvalue weighted by Gasteiger charge is -2.03. The average Bonchev–Trinajstić information content (AvgIpc) is 3.12. The summed E-state index contributed by atoms with van der Waals surface area (Å²) in [6.07, 6.45) is 7.37. The minimum atomic E-state index is 0.833. The first kappa shape index (κ1) is 13.1. The Morgan fingerprint density at radius 1 is 1.35 bits per heavy atom. The predicted molar refractivity (Wildman–Crippen MR) is 82.3 cm³/mol. The van der Waals surface area contributed by atoms with Crippen LogP contribution in [0.4, 0.5) is 0 Å². The van der Waals surface area contributed by atoms with Gasteiger partial charge in [0.1, 0.15) is 0 Å². The van der Waals surface area contributed by atoms with Crippen LogP contribution in [0.5, 0.6) is 0 Å². The molecule has 1 N–H and O–H groups in total. The fraction of sp³-hybridized carbons (Fsp3) is 0.467. The molecule has 1 aliphatic rings. The van der Waals surface area contributed by atoms with E-state index >= 15 is 0 Å². The van der Waals surface area contributed by atoms with Crippen LogP contribution < -0.4 is 5.32 Å². The molecule has 0 amide bonds. The van der Waals surface area contributed by atoms with Crippen molar-refractivity contribution in [2.75, 3.05) is 6.54 Å². The van der Waals surface area contributed by atoms with E-state index in [2.05, 4.69) is 65.2 Å². The number of allylic oxidation sites excluding steroid dienone is 1. The number of benzene rings is 1. The third-order valence-corrected chi connectivity index (χ3v) is 3.76. The van der Waals surface area contributed by atoms with Crippen LogP contribution in [0.3, 0.4) is 0 Å². The first-order valence-corrected chi connectivity index (χ1v) is 7.45. The van der Waals surface area contributed by atoms with Gasteiger partial charge in [-0.25, -0.2) is 0 Å². The summed E-state index contributed by atoms with van der Waals surface area (Å²) in [6, 6.07) is 9.64. The zero-order chi connectivity index (χ0) is 12.1. The molecule has 0 unspecified atom stereocenters. The summed E-state index contributed by atoms with van der Waals surface area (Å²) < 4.78 is 1.31. The zero-order valence-electron chi connectivity index (χ0n) is 10.4. The van der Waals surface area contributed by atoms with Gasteiger partial charge in [-0.2, -0.15) is 0 Å². The third kappa shape index (κ3) is 5.21. The van der Waals surface area contributed by atoms with Gasteiger partial charge in [0.15, 0.2) is 0 Å². The fourth-order valence-corrected chi connectivity index (χ4v) is 2.25. The Kier molecular flexibility index (Phi) is 5.04. The molecule has 1 aromatic carbocycles. The van der Waals surface area contributed by atoms with Crippen molar-refractivity contribution >= 4 is 22.6 Å². The quantitative estimate of drug-likeness (QED) is 0.470. The summed E-state index contributed by atoms with van der Waals surface area (Å²) >= 11 is 2.35. The molecular formula is C15H20IN. The number of halogens is 1. The molecule has 0 heterocycles. The van der Waals surface area contributed by atoms with E-state index in [0.29, 0.717) is 0 Å². The highest BCUT2D eigenvalue weighted by Crippen LogP contribution is 2.18. The second kappa shape index (κ2) is 6.55. The van der Waals surface area contributed by atoms with Crippen molar-refractivity contribution < 1.29 is 0 Å². The van der Waals surface area contributed by atoms with Gasteiger partial charge in [-0.3, -0.25) is 0 Å². The molecule has 0 bridgehead atoms. The lowest BCUT2D eigenvalue weighted by atomic mass is 10.1. The Labute approximate surface area is 118 Å². The van der Waals surface area contributed by atoms with E-state index < -0.39 is 0 Å². The van der Waals surface area contributed by atoms with Gasteiger partial charge in [0, 0.05) is 9.61 Å². The summed E-state index contributed by atoms with van der Waals surface area (Å²) in [5, 5.41) is 3.54. The molecule has 0 spiro atoms. The molecule has 1 fully saturated rings. The first-order chi connectivity index (χ1) is 8.24. The lowest BCUT2D eigenvalue weighted by Crippen LogP contribution is -2.16. The van der Waals surface area contributed by atoms with Gasteiger partial charge < -0.3 is 5.32 Å². The van der Waals surface area contributed by atoms with Crippen molar-refractivity contribution in [2.24, 2.45) is 0 Å². The SMILES string of the molecule is CC(=CCCNC1CC1)Cc1ccc(I)cc1. The summed E-state index contributed by atoms with van der Waals surface area (Å²) in [6.45, 7) is 3.36. The van der Waals surface area contributed by atoms with Crippen molar-refractivity contribution in [3.63, 3.8) is 0 Å². The third-order valence-electron chi connectivity index (χ3n) is 3.04. The molecule has 0 saturated heterocycles. The van der Waals surface area contributed by atoms with E-state index in [0.717, 1.165) is 25.4 Å². The molecule has 0 atom stereocenters. The van der Waals surface area contributed by atoms with Crippen LogP contribution in [0, 0.1) is 3.57 Å².